The van der Waals surface area contributed by atoms with E-state index in [0.717, 1.165) is 34.8 Å². The zero-order valence-corrected chi connectivity index (χ0v) is 15.4. The number of hydrogen-bond donors (Lipinski definition) is 1. The highest BCUT2D eigenvalue weighted by Gasteiger charge is 2.25. The quantitative estimate of drug-likeness (QED) is 0.853. The summed E-state index contributed by atoms with van der Waals surface area (Å²) >= 11 is 1.32. The highest BCUT2D eigenvalue weighted by atomic mass is 32.2. The van der Waals surface area contributed by atoms with Crippen LogP contribution in [0.15, 0.2) is 34.5 Å². The van der Waals surface area contributed by atoms with Crippen LogP contribution in [-0.2, 0) is 22.9 Å². The van der Waals surface area contributed by atoms with E-state index in [4.69, 9.17) is 9.47 Å². The summed E-state index contributed by atoms with van der Waals surface area (Å²) < 4.78 is 39.0. The Bertz CT molecular complexity index is 814. The average molecular weight is 367 g/mol. The standard InChI is InChI=1S/C17H21NO4S2/c1-3-14-7-8-16(23-14)24(19,20)18-10-12-9-13-5-4-6-15(21-2)17(13)22-11-12/h4-8,12,18H,3,9-11H2,1-2H3. The number of nitrogens with one attached hydrogen (secondary N) is 1. The van der Waals surface area contributed by atoms with Gasteiger partial charge in [-0.05, 0) is 36.6 Å². The van der Waals surface area contributed by atoms with Gasteiger partial charge in [-0.2, -0.15) is 0 Å². The number of ether oxygens (including phenoxy) is 2. The predicted molar refractivity (Wildman–Crippen MR) is 94.6 cm³/mol. The molecule has 3 rings (SSSR count). The summed E-state index contributed by atoms with van der Waals surface area (Å²) in [5.41, 5.74) is 1.05. The van der Waals surface area contributed by atoms with E-state index in [9.17, 15) is 8.42 Å². The highest BCUT2D eigenvalue weighted by Crippen LogP contribution is 2.36. The Balaban J connectivity index is 1.65. The SMILES string of the molecule is CCc1ccc(S(=O)(=O)NCC2COc3c(cccc3OC)C2)s1. The summed E-state index contributed by atoms with van der Waals surface area (Å²) in [7, 11) is -1.83. The van der Waals surface area contributed by atoms with Gasteiger partial charge in [-0.3, -0.25) is 0 Å². The van der Waals surface area contributed by atoms with E-state index in [-0.39, 0.29) is 5.92 Å². The number of sulfonamides is 1. The molecule has 0 saturated carbocycles. The fraction of sp³-hybridized carbons (Fsp3) is 0.412. The molecule has 1 aliphatic heterocycles. The predicted octanol–water partition coefficient (Wildman–Crippen LogP) is 2.85. The molecule has 1 N–H and O–H groups in total. The van der Waals surface area contributed by atoms with Gasteiger partial charge in [-0.15, -0.1) is 11.3 Å². The van der Waals surface area contributed by atoms with E-state index in [1.807, 2.05) is 31.2 Å². The second-order valence-corrected chi connectivity index (χ2v) is 8.92. The zero-order chi connectivity index (χ0) is 17.2. The van der Waals surface area contributed by atoms with Gasteiger partial charge in [-0.1, -0.05) is 19.1 Å². The van der Waals surface area contributed by atoms with Gasteiger partial charge in [0.15, 0.2) is 11.5 Å². The molecular weight excluding hydrogens is 346 g/mol. The van der Waals surface area contributed by atoms with Crippen LogP contribution in [0.1, 0.15) is 17.4 Å². The van der Waals surface area contributed by atoms with E-state index < -0.39 is 10.0 Å². The fourth-order valence-electron chi connectivity index (χ4n) is 2.74. The third-order valence-corrected chi connectivity index (χ3v) is 7.21. The molecule has 130 valence electrons. The van der Waals surface area contributed by atoms with E-state index in [1.54, 1.807) is 13.2 Å². The number of methoxy groups -OCH3 is 1. The van der Waals surface area contributed by atoms with Crippen LogP contribution < -0.4 is 14.2 Å². The molecule has 7 heteroatoms. The van der Waals surface area contributed by atoms with Crippen LogP contribution in [0, 0.1) is 5.92 Å². The Kier molecular flexibility index (Phi) is 5.12. The lowest BCUT2D eigenvalue weighted by molar-refractivity contribution is 0.213. The number of rotatable bonds is 6. The second kappa shape index (κ2) is 7.13. The van der Waals surface area contributed by atoms with Crippen LogP contribution in [0.3, 0.4) is 0 Å². The first-order valence-corrected chi connectivity index (χ1v) is 10.2. The third-order valence-electron chi connectivity index (χ3n) is 4.06. The number of thiophene rings is 1. The molecule has 1 aromatic carbocycles. The van der Waals surface area contributed by atoms with Crippen molar-refractivity contribution in [3.63, 3.8) is 0 Å². The van der Waals surface area contributed by atoms with Crippen molar-refractivity contribution in [1.29, 1.82) is 0 Å². The Morgan fingerprint density at radius 1 is 1.33 bits per heavy atom. The summed E-state index contributed by atoms with van der Waals surface area (Å²) in [6.45, 7) is 2.85. The van der Waals surface area contributed by atoms with Crippen molar-refractivity contribution in [1.82, 2.24) is 4.72 Å². The Morgan fingerprint density at radius 3 is 2.88 bits per heavy atom. The number of fused-ring (bicyclic) bond motifs is 1. The Labute approximate surface area is 146 Å². The average Bonchev–Trinajstić information content (AvgIpc) is 3.09. The number of para-hydroxylation sites is 1. The van der Waals surface area contributed by atoms with Gasteiger partial charge in [-0.25, -0.2) is 13.1 Å². The molecule has 0 bridgehead atoms. The van der Waals surface area contributed by atoms with Crippen molar-refractivity contribution in [2.45, 2.75) is 24.0 Å². The van der Waals surface area contributed by atoms with Gasteiger partial charge in [0.05, 0.1) is 13.7 Å². The molecule has 24 heavy (non-hydrogen) atoms. The van der Waals surface area contributed by atoms with Crippen molar-refractivity contribution in [3.05, 3.63) is 40.8 Å². The van der Waals surface area contributed by atoms with Gasteiger partial charge in [0.25, 0.3) is 0 Å². The molecule has 1 atom stereocenters. The molecule has 0 fully saturated rings. The molecule has 0 radical (unpaired) electrons. The normalized spacial score (nSPS) is 17.2. The number of benzene rings is 1. The molecule has 1 unspecified atom stereocenters. The summed E-state index contributed by atoms with van der Waals surface area (Å²) in [5.74, 6) is 1.59. The Hall–Kier alpha value is -1.57. The van der Waals surface area contributed by atoms with Crippen molar-refractivity contribution in [2.24, 2.45) is 5.92 Å². The van der Waals surface area contributed by atoms with Gasteiger partial charge in [0.2, 0.25) is 10.0 Å². The lowest BCUT2D eigenvalue weighted by Gasteiger charge is -2.26. The van der Waals surface area contributed by atoms with Crippen molar-refractivity contribution in [2.75, 3.05) is 20.3 Å². The number of aryl methyl sites for hydroxylation is 1. The Morgan fingerprint density at radius 2 is 2.17 bits per heavy atom. The van der Waals surface area contributed by atoms with E-state index >= 15 is 0 Å². The first-order chi connectivity index (χ1) is 11.5. The molecule has 5 nitrogen and oxygen atoms in total. The molecule has 1 aliphatic rings. The van der Waals surface area contributed by atoms with Gasteiger partial charge in [0, 0.05) is 17.3 Å². The maximum atomic E-state index is 12.4. The topological polar surface area (TPSA) is 64.6 Å². The maximum absolute atomic E-state index is 12.4. The van der Waals surface area contributed by atoms with E-state index in [1.165, 1.54) is 11.3 Å². The van der Waals surface area contributed by atoms with E-state index in [2.05, 4.69) is 4.72 Å². The van der Waals surface area contributed by atoms with Crippen molar-refractivity contribution >= 4 is 21.4 Å². The monoisotopic (exact) mass is 367 g/mol. The molecule has 1 aromatic heterocycles. The molecule has 0 aliphatic carbocycles. The summed E-state index contributed by atoms with van der Waals surface area (Å²) in [6, 6.07) is 9.32. The van der Waals surface area contributed by atoms with Gasteiger partial charge < -0.3 is 9.47 Å². The maximum Gasteiger partial charge on any atom is 0.250 e. The smallest absolute Gasteiger partial charge is 0.250 e. The third kappa shape index (κ3) is 3.58. The molecule has 2 heterocycles. The molecule has 0 amide bonds. The second-order valence-electron chi connectivity index (χ2n) is 5.76. The van der Waals surface area contributed by atoms with E-state index in [0.29, 0.717) is 17.4 Å². The molecular formula is C17H21NO4S2. The van der Waals surface area contributed by atoms with Gasteiger partial charge in [0.1, 0.15) is 4.21 Å². The molecule has 2 aromatic rings. The van der Waals surface area contributed by atoms with Crippen LogP contribution >= 0.6 is 11.3 Å². The lowest BCUT2D eigenvalue weighted by Crippen LogP contribution is -2.34. The number of hydrogen-bond acceptors (Lipinski definition) is 5. The van der Waals surface area contributed by atoms with Crippen LogP contribution in [0.25, 0.3) is 0 Å². The minimum absolute atomic E-state index is 0.102. The minimum Gasteiger partial charge on any atom is -0.493 e. The first-order valence-electron chi connectivity index (χ1n) is 7.90. The first kappa shape index (κ1) is 17.3. The fourth-order valence-corrected chi connectivity index (χ4v) is 5.20. The summed E-state index contributed by atoms with van der Waals surface area (Å²) in [5, 5.41) is 0. The largest absolute Gasteiger partial charge is 0.493 e. The van der Waals surface area contributed by atoms with Crippen LogP contribution in [0.4, 0.5) is 0 Å². The molecule has 0 spiro atoms. The highest BCUT2D eigenvalue weighted by molar-refractivity contribution is 7.91. The van der Waals surface area contributed by atoms with Crippen molar-refractivity contribution < 1.29 is 17.9 Å². The molecule has 0 saturated heterocycles. The van der Waals surface area contributed by atoms with Crippen LogP contribution in [0.5, 0.6) is 11.5 Å². The van der Waals surface area contributed by atoms with Gasteiger partial charge >= 0.3 is 0 Å². The van der Waals surface area contributed by atoms with Crippen LogP contribution in [0.2, 0.25) is 0 Å². The lowest BCUT2D eigenvalue weighted by atomic mass is 9.96. The summed E-state index contributed by atoms with van der Waals surface area (Å²) in [4.78, 5) is 1.07. The summed E-state index contributed by atoms with van der Waals surface area (Å²) in [6.07, 6.45) is 1.61. The zero-order valence-electron chi connectivity index (χ0n) is 13.7. The minimum atomic E-state index is -3.45. The van der Waals surface area contributed by atoms with Crippen molar-refractivity contribution in [3.8, 4) is 11.5 Å². The van der Waals surface area contributed by atoms with Crippen LogP contribution in [-0.4, -0.2) is 28.7 Å².